The second kappa shape index (κ2) is 4.90. The van der Waals surface area contributed by atoms with Crippen LogP contribution >= 0.6 is 27.7 Å². The molecule has 0 spiro atoms. The van der Waals surface area contributed by atoms with Gasteiger partial charge in [0.25, 0.3) is 0 Å². The lowest BCUT2D eigenvalue weighted by molar-refractivity contribution is -0.124. The summed E-state index contributed by atoms with van der Waals surface area (Å²) >= 11 is 4.54. The molecule has 1 aromatic carbocycles. The van der Waals surface area contributed by atoms with Crippen LogP contribution in [0.25, 0.3) is 0 Å². The SMILES string of the molecule is N#Cc1cc(Br)ccc1N1C(=O)CSCC1=O. The Balaban J connectivity index is 2.49. The van der Waals surface area contributed by atoms with Gasteiger partial charge in [0, 0.05) is 4.47 Å². The third-order valence-corrected chi connectivity index (χ3v) is 3.67. The van der Waals surface area contributed by atoms with Gasteiger partial charge in [0.2, 0.25) is 11.8 Å². The van der Waals surface area contributed by atoms with Crippen molar-refractivity contribution in [3.8, 4) is 6.07 Å². The molecule has 0 aliphatic carbocycles. The number of thioether (sulfide) groups is 1. The largest absolute Gasteiger partial charge is 0.273 e. The highest BCUT2D eigenvalue weighted by Gasteiger charge is 2.29. The van der Waals surface area contributed by atoms with Gasteiger partial charge in [0.05, 0.1) is 22.8 Å². The fourth-order valence-electron chi connectivity index (χ4n) is 1.56. The molecule has 6 heteroatoms. The van der Waals surface area contributed by atoms with Gasteiger partial charge in [-0.2, -0.15) is 5.26 Å². The highest BCUT2D eigenvalue weighted by molar-refractivity contribution is 9.10. The smallest absolute Gasteiger partial charge is 0.243 e. The second-order valence-electron chi connectivity index (χ2n) is 3.39. The lowest BCUT2D eigenvalue weighted by Gasteiger charge is -2.25. The molecule has 0 N–H and O–H groups in total. The topological polar surface area (TPSA) is 61.2 Å². The van der Waals surface area contributed by atoms with Crippen molar-refractivity contribution in [1.82, 2.24) is 0 Å². The minimum atomic E-state index is -0.273. The summed E-state index contributed by atoms with van der Waals surface area (Å²) in [6.07, 6.45) is 0. The third-order valence-electron chi connectivity index (χ3n) is 2.27. The minimum absolute atomic E-state index is 0.271. The molecule has 2 rings (SSSR count). The quantitative estimate of drug-likeness (QED) is 0.744. The van der Waals surface area contributed by atoms with E-state index in [4.69, 9.17) is 5.26 Å². The average molecular weight is 311 g/mol. The molecule has 1 aromatic rings. The summed E-state index contributed by atoms with van der Waals surface area (Å²) in [4.78, 5) is 24.5. The summed E-state index contributed by atoms with van der Waals surface area (Å²) in [5, 5.41) is 9.02. The lowest BCUT2D eigenvalue weighted by Crippen LogP contribution is -2.43. The van der Waals surface area contributed by atoms with E-state index >= 15 is 0 Å². The molecular weight excluding hydrogens is 304 g/mol. The lowest BCUT2D eigenvalue weighted by atomic mass is 10.1. The molecule has 1 aliphatic heterocycles. The van der Waals surface area contributed by atoms with Crippen LogP contribution in [0, 0.1) is 11.3 Å². The number of amides is 2. The molecule has 0 atom stereocenters. The summed E-state index contributed by atoms with van der Waals surface area (Å²) in [5.41, 5.74) is 0.680. The van der Waals surface area contributed by atoms with Crippen LogP contribution in [0.15, 0.2) is 22.7 Å². The predicted molar refractivity (Wildman–Crippen MR) is 68.7 cm³/mol. The summed E-state index contributed by atoms with van der Waals surface area (Å²) in [5.74, 6) is -0.00515. The zero-order chi connectivity index (χ0) is 12.4. The first kappa shape index (κ1) is 12.1. The van der Waals surface area contributed by atoms with Crippen LogP contribution in [0.2, 0.25) is 0 Å². The van der Waals surface area contributed by atoms with Crippen molar-refractivity contribution in [1.29, 1.82) is 5.26 Å². The Labute approximate surface area is 111 Å². The molecule has 1 heterocycles. The van der Waals surface area contributed by atoms with E-state index in [0.717, 1.165) is 9.37 Å². The van der Waals surface area contributed by atoms with Gasteiger partial charge in [0.15, 0.2) is 0 Å². The van der Waals surface area contributed by atoms with Crippen molar-refractivity contribution < 1.29 is 9.59 Å². The molecule has 0 saturated carbocycles. The van der Waals surface area contributed by atoms with Crippen molar-refractivity contribution in [2.24, 2.45) is 0 Å². The van der Waals surface area contributed by atoms with Crippen LogP contribution in [-0.4, -0.2) is 23.3 Å². The highest BCUT2D eigenvalue weighted by atomic mass is 79.9. The van der Waals surface area contributed by atoms with Crippen molar-refractivity contribution >= 4 is 45.2 Å². The van der Waals surface area contributed by atoms with Gasteiger partial charge in [-0.1, -0.05) is 15.9 Å². The predicted octanol–water partition coefficient (Wildman–Crippen LogP) is 1.93. The highest BCUT2D eigenvalue weighted by Crippen LogP contribution is 2.27. The first-order chi connectivity index (χ1) is 8.13. The average Bonchev–Trinajstić information content (AvgIpc) is 2.30. The van der Waals surface area contributed by atoms with Crippen LogP contribution in [0.5, 0.6) is 0 Å². The van der Waals surface area contributed by atoms with Gasteiger partial charge in [0.1, 0.15) is 6.07 Å². The standard InChI is InChI=1S/C11H7BrN2O2S/c12-8-1-2-9(7(3-8)4-13)14-10(15)5-17-6-11(14)16/h1-3H,5-6H2. The molecule has 0 bridgehead atoms. The van der Waals surface area contributed by atoms with Crippen molar-refractivity contribution in [2.75, 3.05) is 16.4 Å². The third kappa shape index (κ3) is 2.35. The van der Waals surface area contributed by atoms with Gasteiger partial charge >= 0.3 is 0 Å². The van der Waals surface area contributed by atoms with E-state index in [1.807, 2.05) is 6.07 Å². The molecular formula is C11H7BrN2O2S. The number of nitriles is 1. The summed E-state index contributed by atoms with van der Waals surface area (Å²) in [6, 6.07) is 6.90. The number of anilines is 1. The van der Waals surface area contributed by atoms with Gasteiger partial charge in [-0.25, -0.2) is 4.90 Å². The van der Waals surface area contributed by atoms with E-state index < -0.39 is 0 Å². The molecule has 1 saturated heterocycles. The summed E-state index contributed by atoms with van der Waals surface area (Å²) in [7, 11) is 0. The molecule has 2 amide bonds. The van der Waals surface area contributed by atoms with E-state index in [9.17, 15) is 9.59 Å². The first-order valence-corrected chi connectivity index (χ1v) is 6.71. The molecule has 17 heavy (non-hydrogen) atoms. The molecule has 1 aliphatic rings. The number of carbonyl (C=O) groups excluding carboxylic acids is 2. The van der Waals surface area contributed by atoms with E-state index in [-0.39, 0.29) is 23.3 Å². The van der Waals surface area contributed by atoms with E-state index in [1.54, 1.807) is 18.2 Å². The maximum absolute atomic E-state index is 11.7. The minimum Gasteiger partial charge on any atom is -0.273 e. The monoisotopic (exact) mass is 310 g/mol. The van der Waals surface area contributed by atoms with Gasteiger partial charge in [-0.05, 0) is 18.2 Å². The van der Waals surface area contributed by atoms with Crippen molar-refractivity contribution in [3.05, 3.63) is 28.2 Å². The maximum atomic E-state index is 11.7. The van der Waals surface area contributed by atoms with Crippen LogP contribution in [0.1, 0.15) is 5.56 Å². The Morgan fingerprint density at radius 3 is 2.53 bits per heavy atom. The molecule has 86 valence electrons. The second-order valence-corrected chi connectivity index (χ2v) is 5.29. The number of imide groups is 1. The molecule has 1 fully saturated rings. The number of carbonyl (C=O) groups is 2. The zero-order valence-corrected chi connectivity index (χ0v) is 11.0. The molecule has 0 unspecified atom stereocenters. The van der Waals surface area contributed by atoms with Crippen LogP contribution in [0.4, 0.5) is 5.69 Å². The Hall–Kier alpha value is -1.32. The number of rotatable bonds is 1. The Morgan fingerprint density at radius 1 is 1.29 bits per heavy atom. The van der Waals surface area contributed by atoms with Gasteiger partial charge in [-0.15, -0.1) is 11.8 Å². The number of hydrogen-bond donors (Lipinski definition) is 0. The first-order valence-electron chi connectivity index (χ1n) is 4.76. The normalized spacial score (nSPS) is 15.9. The Bertz CT molecular complexity index is 523. The fourth-order valence-corrected chi connectivity index (χ4v) is 2.63. The zero-order valence-electron chi connectivity index (χ0n) is 8.64. The van der Waals surface area contributed by atoms with Gasteiger partial charge in [-0.3, -0.25) is 9.59 Å². The van der Waals surface area contributed by atoms with E-state index in [2.05, 4.69) is 15.9 Å². The van der Waals surface area contributed by atoms with Crippen LogP contribution < -0.4 is 4.90 Å². The van der Waals surface area contributed by atoms with Crippen LogP contribution in [0.3, 0.4) is 0 Å². The number of halogens is 1. The van der Waals surface area contributed by atoms with Crippen molar-refractivity contribution in [2.45, 2.75) is 0 Å². The molecule has 4 nitrogen and oxygen atoms in total. The molecule has 0 aromatic heterocycles. The fraction of sp³-hybridized carbons (Fsp3) is 0.182. The van der Waals surface area contributed by atoms with Crippen molar-refractivity contribution in [3.63, 3.8) is 0 Å². The van der Waals surface area contributed by atoms with E-state index in [0.29, 0.717) is 11.3 Å². The van der Waals surface area contributed by atoms with E-state index in [1.165, 1.54) is 11.8 Å². The summed E-state index contributed by atoms with van der Waals surface area (Å²) < 4.78 is 0.740. The number of nitrogens with zero attached hydrogens (tertiary/aromatic N) is 2. The van der Waals surface area contributed by atoms with Gasteiger partial charge < -0.3 is 0 Å². The Morgan fingerprint density at radius 2 is 1.94 bits per heavy atom. The van der Waals surface area contributed by atoms with Crippen LogP contribution in [-0.2, 0) is 9.59 Å². The summed E-state index contributed by atoms with van der Waals surface area (Å²) in [6.45, 7) is 0. The molecule has 0 radical (unpaired) electrons. The maximum Gasteiger partial charge on any atom is 0.243 e. The number of hydrogen-bond acceptors (Lipinski definition) is 4. The number of benzene rings is 1. The Kier molecular flexibility index (Phi) is 3.50.